The third kappa shape index (κ3) is 3.14. The molecule has 1 saturated carbocycles. The lowest BCUT2D eigenvalue weighted by molar-refractivity contribution is 0.0683. The second-order valence-corrected chi connectivity index (χ2v) is 4.96. The largest absolute Gasteiger partial charge is 0.393 e. The van der Waals surface area contributed by atoms with E-state index < -0.39 is 0 Å². The van der Waals surface area contributed by atoms with E-state index in [9.17, 15) is 5.11 Å². The molecule has 3 atom stereocenters. The lowest BCUT2D eigenvalue weighted by atomic mass is 9.77. The second-order valence-electron chi connectivity index (χ2n) is 4.96. The van der Waals surface area contributed by atoms with Gasteiger partial charge in [-0.05, 0) is 43.4 Å². The van der Waals surface area contributed by atoms with E-state index in [1.54, 1.807) is 0 Å². The summed E-state index contributed by atoms with van der Waals surface area (Å²) >= 11 is 0. The van der Waals surface area contributed by atoms with Gasteiger partial charge in [0.1, 0.15) is 0 Å². The van der Waals surface area contributed by atoms with Crippen molar-refractivity contribution in [1.29, 1.82) is 0 Å². The molecule has 0 aromatic heterocycles. The Bertz CT molecular complexity index is 118. The summed E-state index contributed by atoms with van der Waals surface area (Å²) in [6.45, 7) is 6.80. The molecule has 0 bridgehead atoms. The first-order chi connectivity index (χ1) is 5.58. The van der Waals surface area contributed by atoms with Crippen molar-refractivity contribution in [3.8, 4) is 0 Å². The highest BCUT2D eigenvalue weighted by Crippen LogP contribution is 2.32. The number of aliphatic hydroxyl groups is 1. The van der Waals surface area contributed by atoms with Gasteiger partial charge in [0.25, 0.3) is 0 Å². The van der Waals surface area contributed by atoms with Crippen LogP contribution in [0.15, 0.2) is 0 Å². The van der Waals surface area contributed by atoms with Gasteiger partial charge in [0.2, 0.25) is 0 Å². The third-order valence-corrected chi connectivity index (χ3v) is 2.82. The van der Waals surface area contributed by atoms with Gasteiger partial charge in [-0.15, -0.1) is 0 Å². The summed E-state index contributed by atoms with van der Waals surface area (Å²) in [4.78, 5) is 0. The Morgan fingerprint density at radius 2 is 1.92 bits per heavy atom. The Balaban J connectivity index is 2.34. The van der Waals surface area contributed by atoms with Gasteiger partial charge in [-0.3, -0.25) is 0 Å². The van der Waals surface area contributed by atoms with Crippen molar-refractivity contribution in [2.45, 2.75) is 52.6 Å². The molecule has 0 saturated heterocycles. The van der Waals surface area contributed by atoms with Crippen LogP contribution in [-0.4, -0.2) is 11.2 Å². The molecule has 1 heteroatoms. The van der Waals surface area contributed by atoms with Crippen molar-refractivity contribution < 1.29 is 5.11 Å². The van der Waals surface area contributed by atoms with Crippen LogP contribution >= 0.6 is 0 Å². The highest BCUT2D eigenvalue weighted by atomic mass is 16.3. The highest BCUT2D eigenvalue weighted by molar-refractivity contribution is 4.76. The number of rotatable bonds is 2. The smallest absolute Gasteiger partial charge is 0.0545 e. The van der Waals surface area contributed by atoms with E-state index in [-0.39, 0.29) is 6.10 Å². The van der Waals surface area contributed by atoms with E-state index >= 15 is 0 Å². The zero-order valence-electron chi connectivity index (χ0n) is 8.59. The SMILES string of the molecule is CC(C)C[C@@H]1C[C@H](C)C[C@@H](O)C1. The quantitative estimate of drug-likeness (QED) is 0.675. The maximum atomic E-state index is 9.56. The van der Waals surface area contributed by atoms with Crippen LogP contribution in [-0.2, 0) is 0 Å². The molecule has 1 aliphatic carbocycles. The zero-order valence-corrected chi connectivity index (χ0v) is 8.59. The van der Waals surface area contributed by atoms with Crippen LogP contribution in [0.5, 0.6) is 0 Å². The molecule has 1 fully saturated rings. The van der Waals surface area contributed by atoms with Gasteiger partial charge in [0, 0.05) is 0 Å². The standard InChI is InChI=1S/C11H22O/c1-8(2)4-10-5-9(3)6-11(12)7-10/h8-12H,4-7H2,1-3H3/t9-,10+,11+/m0/s1. The minimum Gasteiger partial charge on any atom is -0.393 e. The predicted octanol–water partition coefficient (Wildman–Crippen LogP) is 2.83. The Hall–Kier alpha value is -0.0400. The molecule has 0 radical (unpaired) electrons. The first kappa shape index (κ1) is 10.0. The molecule has 0 amide bonds. The molecule has 0 aliphatic heterocycles. The highest BCUT2D eigenvalue weighted by Gasteiger charge is 2.25. The Morgan fingerprint density at radius 1 is 1.25 bits per heavy atom. The molecular formula is C11H22O. The van der Waals surface area contributed by atoms with Crippen molar-refractivity contribution in [3.05, 3.63) is 0 Å². The summed E-state index contributed by atoms with van der Waals surface area (Å²) in [6.07, 6.45) is 4.67. The van der Waals surface area contributed by atoms with Gasteiger partial charge in [0.15, 0.2) is 0 Å². The maximum Gasteiger partial charge on any atom is 0.0545 e. The predicted molar refractivity (Wildman–Crippen MR) is 52.0 cm³/mol. The Kier molecular flexibility index (Phi) is 3.57. The summed E-state index contributed by atoms with van der Waals surface area (Å²) in [5.74, 6) is 2.30. The van der Waals surface area contributed by atoms with Gasteiger partial charge in [-0.25, -0.2) is 0 Å². The summed E-state index contributed by atoms with van der Waals surface area (Å²) in [6, 6.07) is 0. The summed E-state index contributed by atoms with van der Waals surface area (Å²) in [5, 5.41) is 9.56. The van der Waals surface area contributed by atoms with E-state index in [2.05, 4.69) is 20.8 Å². The van der Waals surface area contributed by atoms with Crippen LogP contribution in [0.2, 0.25) is 0 Å². The summed E-state index contributed by atoms with van der Waals surface area (Å²) < 4.78 is 0. The van der Waals surface area contributed by atoms with Gasteiger partial charge in [0.05, 0.1) is 6.10 Å². The van der Waals surface area contributed by atoms with Crippen molar-refractivity contribution in [2.75, 3.05) is 0 Å². The molecule has 0 spiro atoms. The van der Waals surface area contributed by atoms with E-state index in [0.29, 0.717) is 0 Å². The number of hydrogen-bond acceptors (Lipinski definition) is 1. The van der Waals surface area contributed by atoms with Crippen LogP contribution in [0.25, 0.3) is 0 Å². The molecule has 1 rings (SSSR count). The molecule has 1 aliphatic rings. The molecule has 1 N–H and O–H groups in total. The Morgan fingerprint density at radius 3 is 2.42 bits per heavy atom. The van der Waals surface area contributed by atoms with Crippen LogP contribution in [0.1, 0.15) is 46.5 Å². The third-order valence-electron chi connectivity index (χ3n) is 2.82. The van der Waals surface area contributed by atoms with Crippen LogP contribution < -0.4 is 0 Å². The van der Waals surface area contributed by atoms with Crippen LogP contribution in [0, 0.1) is 17.8 Å². The molecule has 0 aromatic rings. The van der Waals surface area contributed by atoms with Crippen molar-refractivity contribution >= 4 is 0 Å². The number of aliphatic hydroxyl groups excluding tert-OH is 1. The molecule has 12 heavy (non-hydrogen) atoms. The van der Waals surface area contributed by atoms with Crippen molar-refractivity contribution in [1.82, 2.24) is 0 Å². The molecule has 1 nitrogen and oxygen atoms in total. The molecule has 0 unspecified atom stereocenters. The minimum absolute atomic E-state index is 0.0162. The summed E-state index contributed by atoms with van der Waals surface area (Å²) in [5.41, 5.74) is 0. The lowest BCUT2D eigenvalue weighted by Crippen LogP contribution is -2.25. The fourth-order valence-electron chi connectivity index (χ4n) is 2.57. The van der Waals surface area contributed by atoms with Crippen molar-refractivity contribution in [3.63, 3.8) is 0 Å². The fourth-order valence-corrected chi connectivity index (χ4v) is 2.57. The Labute approximate surface area is 76.2 Å². The topological polar surface area (TPSA) is 20.2 Å². The van der Waals surface area contributed by atoms with E-state index in [4.69, 9.17) is 0 Å². The van der Waals surface area contributed by atoms with Crippen LogP contribution in [0.3, 0.4) is 0 Å². The minimum atomic E-state index is -0.0162. The first-order valence-corrected chi connectivity index (χ1v) is 5.26. The van der Waals surface area contributed by atoms with Crippen LogP contribution in [0.4, 0.5) is 0 Å². The van der Waals surface area contributed by atoms with Gasteiger partial charge in [-0.2, -0.15) is 0 Å². The lowest BCUT2D eigenvalue weighted by Gasteiger charge is -2.31. The van der Waals surface area contributed by atoms with Crippen molar-refractivity contribution in [2.24, 2.45) is 17.8 Å². The number of hydrogen-bond donors (Lipinski definition) is 1. The monoisotopic (exact) mass is 170 g/mol. The van der Waals surface area contributed by atoms with E-state index in [0.717, 1.165) is 30.6 Å². The van der Waals surface area contributed by atoms with E-state index in [1.165, 1.54) is 12.8 Å². The maximum absolute atomic E-state index is 9.56. The molecule has 0 heterocycles. The summed E-state index contributed by atoms with van der Waals surface area (Å²) in [7, 11) is 0. The van der Waals surface area contributed by atoms with Gasteiger partial charge < -0.3 is 5.11 Å². The average molecular weight is 170 g/mol. The van der Waals surface area contributed by atoms with Gasteiger partial charge in [-0.1, -0.05) is 20.8 Å². The second kappa shape index (κ2) is 4.27. The fraction of sp³-hybridized carbons (Fsp3) is 1.00. The molecule has 72 valence electrons. The normalized spacial score (nSPS) is 37.2. The molecule has 0 aromatic carbocycles. The first-order valence-electron chi connectivity index (χ1n) is 5.26. The van der Waals surface area contributed by atoms with Gasteiger partial charge >= 0.3 is 0 Å². The molecular weight excluding hydrogens is 148 g/mol. The average Bonchev–Trinajstić information content (AvgIpc) is 1.81. The van der Waals surface area contributed by atoms with E-state index in [1.807, 2.05) is 0 Å². The zero-order chi connectivity index (χ0) is 9.14.